The SMILES string of the molecule is C1=C(OCC2CCCCC2)c2ccccc2OC1. The van der Waals surface area contributed by atoms with Gasteiger partial charge < -0.3 is 9.47 Å². The van der Waals surface area contributed by atoms with Gasteiger partial charge in [0, 0.05) is 0 Å². The topological polar surface area (TPSA) is 18.5 Å². The van der Waals surface area contributed by atoms with Crippen LogP contribution in [0.2, 0.25) is 0 Å². The van der Waals surface area contributed by atoms with E-state index in [0.717, 1.165) is 29.6 Å². The lowest BCUT2D eigenvalue weighted by Gasteiger charge is -2.24. The Kier molecular flexibility index (Phi) is 3.54. The summed E-state index contributed by atoms with van der Waals surface area (Å²) < 4.78 is 11.6. The highest BCUT2D eigenvalue weighted by atomic mass is 16.5. The largest absolute Gasteiger partial charge is 0.493 e. The van der Waals surface area contributed by atoms with Crippen molar-refractivity contribution in [2.75, 3.05) is 13.2 Å². The number of hydrogen-bond donors (Lipinski definition) is 0. The number of ether oxygens (including phenoxy) is 2. The smallest absolute Gasteiger partial charge is 0.130 e. The third-order valence-electron chi connectivity index (χ3n) is 3.86. The summed E-state index contributed by atoms with van der Waals surface area (Å²) in [4.78, 5) is 0. The highest BCUT2D eigenvalue weighted by molar-refractivity contribution is 5.67. The van der Waals surface area contributed by atoms with Gasteiger partial charge in [-0.1, -0.05) is 31.4 Å². The molecule has 0 radical (unpaired) electrons. The molecule has 0 amide bonds. The fourth-order valence-electron chi connectivity index (χ4n) is 2.81. The number of rotatable bonds is 3. The predicted molar refractivity (Wildman–Crippen MR) is 72.4 cm³/mol. The summed E-state index contributed by atoms with van der Waals surface area (Å²) >= 11 is 0. The maximum atomic E-state index is 6.03. The van der Waals surface area contributed by atoms with Crippen molar-refractivity contribution in [3.8, 4) is 5.75 Å². The molecule has 1 aliphatic carbocycles. The Morgan fingerprint density at radius 1 is 1.11 bits per heavy atom. The average molecular weight is 244 g/mol. The lowest BCUT2D eigenvalue weighted by molar-refractivity contribution is 0.179. The van der Waals surface area contributed by atoms with Crippen LogP contribution in [0.3, 0.4) is 0 Å². The monoisotopic (exact) mass is 244 g/mol. The average Bonchev–Trinajstić information content (AvgIpc) is 2.46. The van der Waals surface area contributed by atoms with Crippen molar-refractivity contribution in [3.05, 3.63) is 35.9 Å². The van der Waals surface area contributed by atoms with E-state index < -0.39 is 0 Å². The summed E-state index contributed by atoms with van der Waals surface area (Å²) in [5.41, 5.74) is 1.10. The molecule has 18 heavy (non-hydrogen) atoms. The number of fused-ring (bicyclic) bond motifs is 1. The standard InChI is InChI=1S/C16H20O2/c1-2-6-13(7-3-1)12-18-16-10-11-17-15-9-5-4-8-14(15)16/h4-5,8-10,13H,1-3,6-7,11-12H2. The van der Waals surface area contributed by atoms with E-state index >= 15 is 0 Å². The second-order valence-electron chi connectivity index (χ2n) is 5.19. The Bertz CT molecular complexity index is 430. The third kappa shape index (κ3) is 2.53. The van der Waals surface area contributed by atoms with Crippen LogP contribution < -0.4 is 4.74 Å². The third-order valence-corrected chi connectivity index (χ3v) is 3.86. The molecular formula is C16H20O2. The molecule has 2 heteroatoms. The molecule has 96 valence electrons. The van der Waals surface area contributed by atoms with Gasteiger partial charge in [-0.25, -0.2) is 0 Å². The van der Waals surface area contributed by atoms with E-state index in [2.05, 4.69) is 6.07 Å². The molecule has 0 N–H and O–H groups in total. The van der Waals surface area contributed by atoms with Crippen molar-refractivity contribution in [1.82, 2.24) is 0 Å². The zero-order chi connectivity index (χ0) is 12.2. The van der Waals surface area contributed by atoms with Crippen molar-refractivity contribution in [2.24, 2.45) is 5.92 Å². The molecule has 2 nitrogen and oxygen atoms in total. The summed E-state index contributed by atoms with van der Waals surface area (Å²) in [7, 11) is 0. The molecule has 1 aliphatic heterocycles. The molecule has 0 atom stereocenters. The Labute approximate surface area is 109 Å². The quantitative estimate of drug-likeness (QED) is 0.799. The molecule has 2 aliphatic rings. The Hall–Kier alpha value is -1.44. The molecular weight excluding hydrogens is 224 g/mol. The van der Waals surface area contributed by atoms with E-state index in [1.54, 1.807) is 0 Å². The molecule has 1 fully saturated rings. The number of benzene rings is 1. The highest BCUT2D eigenvalue weighted by Gasteiger charge is 2.18. The molecule has 3 rings (SSSR count). The van der Waals surface area contributed by atoms with Crippen LogP contribution >= 0.6 is 0 Å². The second-order valence-corrected chi connectivity index (χ2v) is 5.19. The van der Waals surface area contributed by atoms with Crippen LogP contribution in [0.25, 0.3) is 5.76 Å². The van der Waals surface area contributed by atoms with E-state index in [1.807, 2.05) is 24.3 Å². The maximum absolute atomic E-state index is 6.03. The van der Waals surface area contributed by atoms with Crippen LogP contribution in [0.1, 0.15) is 37.7 Å². The van der Waals surface area contributed by atoms with Crippen molar-refractivity contribution in [2.45, 2.75) is 32.1 Å². The number of para-hydroxylation sites is 1. The van der Waals surface area contributed by atoms with Crippen LogP contribution in [-0.4, -0.2) is 13.2 Å². The Balaban J connectivity index is 1.64. The molecule has 1 aromatic carbocycles. The van der Waals surface area contributed by atoms with Gasteiger partial charge in [0.05, 0.1) is 12.2 Å². The first kappa shape index (κ1) is 11.6. The van der Waals surface area contributed by atoms with Gasteiger partial charge in [-0.15, -0.1) is 0 Å². The molecule has 0 aromatic heterocycles. The van der Waals surface area contributed by atoms with Gasteiger partial charge in [0.25, 0.3) is 0 Å². The van der Waals surface area contributed by atoms with Crippen molar-refractivity contribution >= 4 is 5.76 Å². The Morgan fingerprint density at radius 3 is 2.83 bits per heavy atom. The van der Waals surface area contributed by atoms with Gasteiger partial charge >= 0.3 is 0 Å². The summed E-state index contributed by atoms with van der Waals surface area (Å²) in [6.07, 6.45) is 8.83. The summed E-state index contributed by atoms with van der Waals surface area (Å²) in [5, 5.41) is 0. The first-order valence-corrected chi connectivity index (χ1v) is 6.98. The van der Waals surface area contributed by atoms with E-state index in [1.165, 1.54) is 32.1 Å². The lowest BCUT2D eigenvalue weighted by Crippen LogP contribution is -2.14. The van der Waals surface area contributed by atoms with Crippen molar-refractivity contribution in [1.29, 1.82) is 0 Å². The molecule has 0 unspecified atom stereocenters. The van der Waals surface area contributed by atoms with Crippen LogP contribution in [-0.2, 0) is 4.74 Å². The predicted octanol–water partition coefficient (Wildman–Crippen LogP) is 4.02. The van der Waals surface area contributed by atoms with Gasteiger partial charge in [-0.05, 0) is 37.0 Å². The van der Waals surface area contributed by atoms with E-state index in [0.29, 0.717) is 6.61 Å². The summed E-state index contributed by atoms with van der Waals surface area (Å²) in [5.74, 6) is 2.69. The minimum absolute atomic E-state index is 0.622. The van der Waals surface area contributed by atoms with Crippen molar-refractivity contribution < 1.29 is 9.47 Å². The van der Waals surface area contributed by atoms with Crippen molar-refractivity contribution in [3.63, 3.8) is 0 Å². The van der Waals surface area contributed by atoms with E-state index in [9.17, 15) is 0 Å². The van der Waals surface area contributed by atoms with E-state index in [4.69, 9.17) is 9.47 Å². The van der Waals surface area contributed by atoms with E-state index in [-0.39, 0.29) is 0 Å². The zero-order valence-electron chi connectivity index (χ0n) is 10.7. The summed E-state index contributed by atoms with van der Waals surface area (Å²) in [6, 6.07) is 8.11. The molecule has 0 spiro atoms. The van der Waals surface area contributed by atoms with Crippen LogP contribution in [0.4, 0.5) is 0 Å². The maximum Gasteiger partial charge on any atom is 0.130 e. The van der Waals surface area contributed by atoms with Gasteiger partial charge in [-0.3, -0.25) is 0 Å². The molecule has 0 bridgehead atoms. The van der Waals surface area contributed by atoms with Gasteiger partial charge in [0.1, 0.15) is 18.1 Å². The van der Waals surface area contributed by atoms with Crippen LogP contribution in [0.5, 0.6) is 5.75 Å². The van der Waals surface area contributed by atoms with Gasteiger partial charge in [0.2, 0.25) is 0 Å². The van der Waals surface area contributed by atoms with Gasteiger partial charge in [0.15, 0.2) is 0 Å². The molecule has 1 saturated carbocycles. The fourth-order valence-corrected chi connectivity index (χ4v) is 2.81. The second kappa shape index (κ2) is 5.47. The summed E-state index contributed by atoms with van der Waals surface area (Å²) in [6.45, 7) is 1.48. The normalized spacial score (nSPS) is 19.7. The first-order chi connectivity index (χ1) is 8.93. The zero-order valence-corrected chi connectivity index (χ0v) is 10.7. The minimum atomic E-state index is 0.622. The minimum Gasteiger partial charge on any atom is -0.493 e. The first-order valence-electron chi connectivity index (χ1n) is 6.98. The molecule has 1 heterocycles. The van der Waals surface area contributed by atoms with Gasteiger partial charge in [-0.2, -0.15) is 0 Å². The molecule has 1 aromatic rings. The van der Waals surface area contributed by atoms with Crippen LogP contribution in [0, 0.1) is 5.92 Å². The fraction of sp³-hybridized carbons (Fsp3) is 0.500. The lowest BCUT2D eigenvalue weighted by atomic mass is 9.90. The highest BCUT2D eigenvalue weighted by Crippen LogP contribution is 2.31. The Morgan fingerprint density at radius 2 is 1.94 bits per heavy atom. The number of hydrogen-bond acceptors (Lipinski definition) is 2. The molecule has 0 saturated heterocycles. The van der Waals surface area contributed by atoms with Crippen LogP contribution in [0.15, 0.2) is 30.3 Å².